The van der Waals surface area contributed by atoms with Crippen molar-refractivity contribution in [3.05, 3.63) is 28.8 Å². The second kappa shape index (κ2) is 5.98. The smallest absolute Gasteiger partial charge is 0.229 e. The van der Waals surface area contributed by atoms with E-state index in [1.807, 2.05) is 26.8 Å². The van der Waals surface area contributed by atoms with Gasteiger partial charge in [0, 0.05) is 24.2 Å². The number of hydrogen-bond acceptors (Lipinski definition) is 3. The Balaban J connectivity index is 2.06. The van der Waals surface area contributed by atoms with Crippen LogP contribution in [0.25, 0.3) is 0 Å². The van der Waals surface area contributed by atoms with Crippen LogP contribution in [0.5, 0.6) is 0 Å². The summed E-state index contributed by atoms with van der Waals surface area (Å²) in [5.74, 6) is -0.590. The highest BCUT2D eigenvalue weighted by atomic mass is 35.5. The molecule has 0 unspecified atom stereocenters. The van der Waals surface area contributed by atoms with E-state index in [1.165, 1.54) is 6.07 Å². The number of hydrogen-bond donors (Lipinski definition) is 1. The number of nitrogens with one attached hydrogen (secondary N) is 1. The van der Waals surface area contributed by atoms with Crippen LogP contribution in [0.15, 0.2) is 18.2 Å². The predicted octanol–water partition coefficient (Wildman–Crippen LogP) is 2.80. The van der Waals surface area contributed by atoms with Crippen LogP contribution in [0.2, 0.25) is 5.02 Å². The molecule has 1 atom stereocenters. The Kier molecular flexibility index (Phi) is 4.43. The normalized spacial score (nSPS) is 18.2. The van der Waals surface area contributed by atoms with Crippen LogP contribution in [0.3, 0.4) is 0 Å². The molecule has 1 heterocycles. The molecule has 1 fully saturated rings. The molecule has 116 valence electrons. The molecule has 1 aromatic rings. The van der Waals surface area contributed by atoms with Gasteiger partial charge in [0.1, 0.15) is 6.07 Å². The van der Waals surface area contributed by atoms with Crippen molar-refractivity contribution in [2.75, 3.05) is 11.9 Å². The Morgan fingerprint density at radius 3 is 2.64 bits per heavy atom. The quantitative estimate of drug-likeness (QED) is 0.911. The third-order valence-corrected chi connectivity index (χ3v) is 3.98. The number of nitriles is 1. The zero-order valence-corrected chi connectivity index (χ0v) is 13.6. The van der Waals surface area contributed by atoms with Gasteiger partial charge in [-0.1, -0.05) is 11.6 Å². The Hall–Kier alpha value is -2.06. The number of benzene rings is 1. The number of halogens is 1. The van der Waals surface area contributed by atoms with E-state index in [0.29, 0.717) is 22.8 Å². The van der Waals surface area contributed by atoms with Crippen LogP contribution < -0.4 is 5.32 Å². The highest BCUT2D eigenvalue weighted by Crippen LogP contribution is 2.27. The standard InChI is InChI=1S/C16H18ClN3O2/c1-16(2,3)20-9-11(6-14(20)21)15(22)19-12-5-4-10(8-18)13(17)7-12/h4-5,7,11H,6,9H2,1-3H3,(H,19,22)/t11-/m0/s1. The van der Waals surface area contributed by atoms with E-state index < -0.39 is 0 Å². The molecular formula is C16H18ClN3O2. The summed E-state index contributed by atoms with van der Waals surface area (Å²) in [5.41, 5.74) is 0.592. The molecule has 0 saturated carbocycles. The number of anilines is 1. The van der Waals surface area contributed by atoms with Crippen LogP contribution >= 0.6 is 11.6 Å². The van der Waals surface area contributed by atoms with Crippen LogP contribution in [0.4, 0.5) is 5.69 Å². The maximum absolute atomic E-state index is 12.3. The van der Waals surface area contributed by atoms with E-state index in [9.17, 15) is 9.59 Å². The van der Waals surface area contributed by atoms with Gasteiger partial charge in [-0.2, -0.15) is 5.26 Å². The van der Waals surface area contributed by atoms with E-state index in [2.05, 4.69) is 5.32 Å². The average molecular weight is 320 g/mol. The molecule has 2 rings (SSSR count). The summed E-state index contributed by atoms with van der Waals surface area (Å²) in [7, 11) is 0. The van der Waals surface area contributed by atoms with Crippen LogP contribution in [0, 0.1) is 17.2 Å². The summed E-state index contributed by atoms with van der Waals surface area (Å²) in [5, 5.41) is 11.9. The minimum absolute atomic E-state index is 0.00879. The Bertz CT molecular complexity index is 658. The molecule has 22 heavy (non-hydrogen) atoms. The molecule has 0 bridgehead atoms. The lowest BCUT2D eigenvalue weighted by Crippen LogP contribution is -2.42. The van der Waals surface area contributed by atoms with Crippen LogP contribution in [-0.4, -0.2) is 28.8 Å². The number of nitrogens with zero attached hydrogens (tertiary/aromatic N) is 2. The summed E-state index contributed by atoms with van der Waals surface area (Å²) < 4.78 is 0. The Labute approximate surface area is 134 Å². The van der Waals surface area contributed by atoms with E-state index in [0.717, 1.165) is 0 Å². The van der Waals surface area contributed by atoms with Crippen molar-refractivity contribution in [2.24, 2.45) is 5.92 Å². The molecule has 1 aliphatic heterocycles. The second-order valence-corrected chi connectivity index (χ2v) is 6.78. The van der Waals surface area contributed by atoms with Gasteiger partial charge in [0.15, 0.2) is 0 Å². The minimum atomic E-state index is -0.374. The molecule has 0 spiro atoms. The van der Waals surface area contributed by atoms with Crippen molar-refractivity contribution in [1.82, 2.24) is 4.90 Å². The molecule has 5 nitrogen and oxygen atoms in total. The molecule has 1 saturated heterocycles. The van der Waals surface area contributed by atoms with Gasteiger partial charge in [-0.05, 0) is 39.0 Å². The van der Waals surface area contributed by atoms with Gasteiger partial charge in [0.05, 0.1) is 16.5 Å². The van der Waals surface area contributed by atoms with Crippen LogP contribution in [0.1, 0.15) is 32.8 Å². The highest BCUT2D eigenvalue weighted by molar-refractivity contribution is 6.32. The Morgan fingerprint density at radius 2 is 2.14 bits per heavy atom. The maximum atomic E-state index is 12.3. The number of carbonyl (C=O) groups is 2. The van der Waals surface area contributed by atoms with E-state index in [4.69, 9.17) is 16.9 Å². The van der Waals surface area contributed by atoms with Crippen molar-refractivity contribution >= 4 is 29.1 Å². The van der Waals surface area contributed by atoms with E-state index in [-0.39, 0.29) is 29.7 Å². The molecular weight excluding hydrogens is 302 g/mol. The van der Waals surface area contributed by atoms with Crippen molar-refractivity contribution < 1.29 is 9.59 Å². The summed E-state index contributed by atoms with van der Waals surface area (Å²) in [6.45, 7) is 6.26. The van der Waals surface area contributed by atoms with Gasteiger partial charge < -0.3 is 10.2 Å². The van der Waals surface area contributed by atoms with Crippen molar-refractivity contribution in [2.45, 2.75) is 32.7 Å². The predicted molar refractivity (Wildman–Crippen MR) is 84.4 cm³/mol. The molecule has 1 aliphatic rings. The third kappa shape index (κ3) is 3.40. The molecule has 6 heteroatoms. The zero-order valence-electron chi connectivity index (χ0n) is 12.8. The molecule has 0 radical (unpaired) electrons. The van der Waals surface area contributed by atoms with Crippen LogP contribution in [-0.2, 0) is 9.59 Å². The zero-order chi connectivity index (χ0) is 16.5. The maximum Gasteiger partial charge on any atom is 0.229 e. The highest BCUT2D eigenvalue weighted by Gasteiger charge is 2.39. The largest absolute Gasteiger partial charge is 0.337 e. The lowest BCUT2D eigenvalue weighted by atomic mass is 10.1. The Morgan fingerprint density at radius 1 is 1.45 bits per heavy atom. The first-order valence-electron chi connectivity index (χ1n) is 7.03. The second-order valence-electron chi connectivity index (χ2n) is 6.37. The van der Waals surface area contributed by atoms with Crippen molar-refractivity contribution in [3.63, 3.8) is 0 Å². The minimum Gasteiger partial charge on any atom is -0.337 e. The van der Waals surface area contributed by atoms with Gasteiger partial charge in [0.2, 0.25) is 11.8 Å². The number of carbonyl (C=O) groups excluding carboxylic acids is 2. The fourth-order valence-electron chi connectivity index (χ4n) is 2.46. The van der Waals surface area contributed by atoms with Gasteiger partial charge >= 0.3 is 0 Å². The van der Waals surface area contributed by atoms with Crippen molar-refractivity contribution in [3.8, 4) is 6.07 Å². The van der Waals surface area contributed by atoms with E-state index >= 15 is 0 Å². The fourth-order valence-corrected chi connectivity index (χ4v) is 2.68. The first kappa shape index (κ1) is 16.3. The molecule has 0 aliphatic carbocycles. The summed E-state index contributed by atoms with van der Waals surface area (Å²) in [4.78, 5) is 26.0. The summed E-state index contributed by atoms with van der Waals surface area (Å²) in [6, 6.07) is 6.68. The number of amides is 2. The SMILES string of the molecule is CC(C)(C)N1C[C@@H](C(=O)Nc2ccc(C#N)c(Cl)c2)CC1=O. The number of rotatable bonds is 2. The first-order valence-corrected chi connectivity index (χ1v) is 7.41. The van der Waals surface area contributed by atoms with E-state index in [1.54, 1.807) is 17.0 Å². The molecule has 1 aromatic carbocycles. The lowest BCUT2D eigenvalue weighted by Gasteiger charge is -2.31. The lowest BCUT2D eigenvalue weighted by molar-refractivity contribution is -0.131. The summed E-state index contributed by atoms with van der Waals surface area (Å²) >= 11 is 5.94. The third-order valence-electron chi connectivity index (χ3n) is 3.66. The summed E-state index contributed by atoms with van der Waals surface area (Å²) in [6.07, 6.45) is 0.215. The molecule has 0 aromatic heterocycles. The first-order chi connectivity index (χ1) is 10.2. The fraction of sp³-hybridized carbons (Fsp3) is 0.438. The van der Waals surface area contributed by atoms with Gasteiger partial charge in [-0.15, -0.1) is 0 Å². The average Bonchev–Trinajstić information content (AvgIpc) is 2.81. The topological polar surface area (TPSA) is 73.2 Å². The molecule has 1 N–H and O–H groups in total. The van der Waals surface area contributed by atoms with Gasteiger partial charge in [0.25, 0.3) is 0 Å². The monoisotopic (exact) mass is 319 g/mol. The molecule has 2 amide bonds. The van der Waals surface area contributed by atoms with Gasteiger partial charge in [-0.3, -0.25) is 9.59 Å². The van der Waals surface area contributed by atoms with Crippen molar-refractivity contribution in [1.29, 1.82) is 5.26 Å². The van der Waals surface area contributed by atoms with Gasteiger partial charge in [-0.25, -0.2) is 0 Å². The number of likely N-dealkylation sites (tertiary alicyclic amines) is 1.